The third kappa shape index (κ3) is 5.45. The van der Waals surface area contributed by atoms with Crippen molar-refractivity contribution < 1.29 is 38.9 Å². The number of carboxylic acids is 2. The van der Waals surface area contributed by atoms with Gasteiger partial charge in [-0.05, 0) is 38.5 Å². The van der Waals surface area contributed by atoms with Gasteiger partial charge in [0.05, 0.1) is 10.8 Å². The third-order valence-corrected chi connectivity index (χ3v) is 6.00. The van der Waals surface area contributed by atoms with E-state index in [-0.39, 0.29) is 0 Å². The van der Waals surface area contributed by atoms with Crippen molar-refractivity contribution in [3.63, 3.8) is 0 Å². The number of carboxylic acid groups (broad SMARTS) is 2. The van der Waals surface area contributed by atoms with Gasteiger partial charge >= 0.3 is 23.9 Å². The monoisotopic (exact) mass is 402 g/mol. The summed E-state index contributed by atoms with van der Waals surface area (Å²) in [5.41, 5.74) is -3.40. The third-order valence-electron chi connectivity index (χ3n) is 6.00. The van der Waals surface area contributed by atoms with Crippen LogP contribution in [0.5, 0.6) is 0 Å². The van der Waals surface area contributed by atoms with Crippen LogP contribution in [0.1, 0.15) is 69.2 Å². The van der Waals surface area contributed by atoms with Crippen LogP contribution in [0.25, 0.3) is 0 Å². The molecule has 0 aliphatic carbocycles. The van der Waals surface area contributed by atoms with Gasteiger partial charge in [0.2, 0.25) is 12.2 Å². The van der Waals surface area contributed by atoms with Gasteiger partial charge in [0.15, 0.2) is 0 Å². The van der Waals surface area contributed by atoms with Crippen molar-refractivity contribution in [1.82, 2.24) is 0 Å². The fourth-order valence-electron chi connectivity index (χ4n) is 1.62. The summed E-state index contributed by atoms with van der Waals surface area (Å²) < 4.78 is 10.1. The number of aliphatic carboxylic acids is 2. The molecule has 2 atom stereocenters. The summed E-state index contributed by atoms with van der Waals surface area (Å²) in [5.74, 6) is -5.23. The standard InChI is InChI=1S/C20H34O8/c1-17(2,3)19(7,8)15(25)27-11(13(21)22)12(14(23)24)28-16(26)20(9,10)18(4,5)6/h11-12H,1-10H3,(H,21,22)(H,23,24). The molecule has 0 saturated carbocycles. The molecule has 0 aromatic heterocycles. The summed E-state index contributed by atoms with van der Waals surface area (Å²) in [6.45, 7) is 16.9. The van der Waals surface area contributed by atoms with E-state index in [2.05, 4.69) is 0 Å². The first-order valence-electron chi connectivity index (χ1n) is 9.05. The molecular weight excluding hydrogens is 368 g/mol. The van der Waals surface area contributed by atoms with Crippen molar-refractivity contribution >= 4 is 23.9 Å². The number of esters is 2. The topological polar surface area (TPSA) is 127 Å². The lowest BCUT2D eigenvalue weighted by atomic mass is 9.69. The molecule has 0 fully saturated rings. The van der Waals surface area contributed by atoms with E-state index < -0.39 is 57.7 Å². The van der Waals surface area contributed by atoms with Crippen molar-refractivity contribution in [1.29, 1.82) is 0 Å². The van der Waals surface area contributed by atoms with Crippen molar-refractivity contribution in [3.8, 4) is 0 Å². The van der Waals surface area contributed by atoms with Crippen LogP contribution in [0.15, 0.2) is 0 Å². The predicted molar refractivity (Wildman–Crippen MR) is 102 cm³/mol. The van der Waals surface area contributed by atoms with E-state index >= 15 is 0 Å². The number of ether oxygens (including phenoxy) is 2. The second-order valence-electron chi connectivity index (χ2n) is 10.1. The second kappa shape index (κ2) is 8.09. The van der Waals surface area contributed by atoms with Crippen molar-refractivity contribution in [2.75, 3.05) is 0 Å². The normalized spacial score (nSPS) is 15.4. The summed E-state index contributed by atoms with van der Waals surface area (Å²) in [6, 6.07) is 0. The fraction of sp³-hybridized carbons (Fsp3) is 0.800. The Balaban J connectivity index is 5.84. The minimum Gasteiger partial charge on any atom is -0.478 e. The Morgan fingerprint density at radius 1 is 0.571 bits per heavy atom. The quantitative estimate of drug-likeness (QED) is 0.622. The number of hydrogen-bond donors (Lipinski definition) is 2. The minimum atomic E-state index is -2.17. The van der Waals surface area contributed by atoms with Gasteiger partial charge in [0.25, 0.3) is 0 Å². The highest BCUT2D eigenvalue weighted by atomic mass is 16.6. The van der Waals surface area contributed by atoms with E-state index in [1.54, 1.807) is 69.2 Å². The molecule has 0 rings (SSSR count). The van der Waals surface area contributed by atoms with E-state index in [4.69, 9.17) is 9.47 Å². The molecule has 8 nitrogen and oxygen atoms in total. The average Bonchev–Trinajstić information content (AvgIpc) is 2.46. The van der Waals surface area contributed by atoms with E-state index in [0.717, 1.165) is 0 Å². The van der Waals surface area contributed by atoms with E-state index in [0.29, 0.717) is 0 Å². The van der Waals surface area contributed by atoms with Gasteiger partial charge in [-0.3, -0.25) is 9.59 Å². The van der Waals surface area contributed by atoms with Crippen LogP contribution in [0.3, 0.4) is 0 Å². The predicted octanol–water partition coefficient (Wildman–Crippen LogP) is 3.12. The number of carbonyl (C=O) groups is 4. The molecule has 0 spiro atoms. The molecule has 28 heavy (non-hydrogen) atoms. The van der Waals surface area contributed by atoms with E-state index in [1.165, 1.54) is 0 Å². The molecule has 162 valence electrons. The van der Waals surface area contributed by atoms with Gasteiger partial charge in [0.1, 0.15) is 0 Å². The van der Waals surface area contributed by atoms with Crippen molar-refractivity contribution in [2.24, 2.45) is 21.7 Å². The van der Waals surface area contributed by atoms with Crippen molar-refractivity contribution in [3.05, 3.63) is 0 Å². The number of hydrogen-bond acceptors (Lipinski definition) is 6. The van der Waals surface area contributed by atoms with Gasteiger partial charge in [0, 0.05) is 0 Å². The summed E-state index contributed by atoms with van der Waals surface area (Å²) in [6.07, 6.45) is -4.35. The maximum atomic E-state index is 12.6. The summed E-state index contributed by atoms with van der Waals surface area (Å²) in [5, 5.41) is 18.9. The zero-order valence-corrected chi connectivity index (χ0v) is 18.5. The summed E-state index contributed by atoms with van der Waals surface area (Å²) >= 11 is 0. The first-order valence-corrected chi connectivity index (χ1v) is 9.05. The molecule has 0 aliphatic rings. The molecular formula is C20H34O8. The molecule has 2 unspecified atom stereocenters. The zero-order valence-electron chi connectivity index (χ0n) is 18.5. The fourth-order valence-corrected chi connectivity index (χ4v) is 1.62. The van der Waals surface area contributed by atoms with Gasteiger partial charge in [-0.1, -0.05) is 41.5 Å². The molecule has 0 aliphatic heterocycles. The lowest BCUT2D eigenvalue weighted by Gasteiger charge is -2.38. The Labute approximate surface area is 166 Å². The molecule has 2 N–H and O–H groups in total. The molecule has 0 aromatic rings. The Morgan fingerprint density at radius 2 is 0.786 bits per heavy atom. The lowest BCUT2D eigenvalue weighted by molar-refractivity contribution is -0.198. The Bertz CT molecular complexity index is 576. The molecule has 8 heteroatoms. The van der Waals surface area contributed by atoms with Crippen LogP contribution < -0.4 is 0 Å². The number of rotatable bonds is 7. The van der Waals surface area contributed by atoms with Crippen LogP contribution >= 0.6 is 0 Å². The van der Waals surface area contributed by atoms with Gasteiger partial charge in [-0.15, -0.1) is 0 Å². The second-order valence-corrected chi connectivity index (χ2v) is 10.1. The van der Waals surface area contributed by atoms with Gasteiger partial charge < -0.3 is 19.7 Å². The van der Waals surface area contributed by atoms with Crippen LogP contribution in [-0.4, -0.2) is 46.3 Å². The maximum absolute atomic E-state index is 12.6. The van der Waals surface area contributed by atoms with Gasteiger partial charge in [-0.2, -0.15) is 0 Å². The highest BCUT2D eigenvalue weighted by Gasteiger charge is 2.49. The van der Waals surface area contributed by atoms with Crippen LogP contribution in [0.2, 0.25) is 0 Å². The largest absolute Gasteiger partial charge is 0.478 e. The first-order chi connectivity index (χ1) is 12.2. The first kappa shape index (κ1) is 25.9. The Hall–Kier alpha value is -2.12. The number of carbonyl (C=O) groups excluding carboxylic acids is 2. The van der Waals surface area contributed by atoms with Gasteiger partial charge in [-0.25, -0.2) is 9.59 Å². The summed E-state index contributed by atoms with van der Waals surface area (Å²) in [7, 11) is 0. The van der Waals surface area contributed by atoms with Crippen LogP contribution in [-0.2, 0) is 28.7 Å². The zero-order chi connectivity index (χ0) is 22.9. The Kier molecular flexibility index (Phi) is 7.48. The lowest BCUT2D eigenvalue weighted by Crippen LogP contribution is -2.51. The maximum Gasteiger partial charge on any atom is 0.349 e. The van der Waals surface area contributed by atoms with E-state index in [9.17, 15) is 29.4 Å². The smallest absolute Gasteiger partial charge is 0.349 e. The molecule has 0 radical (unpaired) electrons. The Morgan fingerprint density at radius 3 is 0.929 bits per heavy atom. The van der Waals surface area contributed by atoms with Crippen LogP contribution in [0.4, 0.5) is 0 Å². The van der Waals surface area contributed by atoms with Crippen LogP contribution in [0, 0.1) is 21.7 Å². The molecule has 0 amide bonds. The minimum absolute atomic E-state index is 0.587. The molecule has 0 saturated heterocycles. The molecule has 0 bridgehead atoms. The SMILES string of the molecule is CC(C)(C)C(C)(C)C(=O)OC(C(=O)O)C(OC(=O)C(C)(C)C(C)(C)C)C(=O)O. The van der Waals surface area contributed by atoms with Crippen molar-refractivity contribution in [2.45, 2.75) is 81.4 Å². The molecule has 0 heterocycles. The van der Waals surface area contributed by atoms with E-state index in [1.807, 2.05) is 0 Å². The molecule has 0 aromatic carbocycles. The average molecular weight is 402 g/mol. The highest BCUT2D eigenvalue weighted by Crippen LogP contribution is 2.40. The highest BCUT2D eigenvalue weighted by molar-refractivity contribution is 5.89. The summed E-state index contributed by atoms with van der Waals surface area (Å²) in [4.78, 5) is 48.5.